The van der Waals surface area contributed by atoms with Crippen molar-refractivity contribution in [1.82, 2.24) is 5.32 Å². The van der Waals surface area contributed by atoms with E-state index in [-0.39, 0.29) is 24.1 Å². The maximum Gasteiger partial charge on any atom is 0.224 e. The van der Waals surface area contributed by atoms with E-state index in [1.54, 1.807) is 6.07 Å². The molecule has 0 saturated carbocycles. The third-order valence-corrected chi connectivity index (χ3v) is 3.34. The summed E-state index contributed by atoms with van der Waals surface area (Å²) in [5.74, 6) is 0.0441. The smallest absolute Gasteiger partial charge is 0.224 e. The van der Waals surface area contributed by atoms with E-state index in [0.717, 1.165) is 12.8 Å². The third kappa shape index (κ3) is 3.62. The lowest BCUT2D eigenvalue weighted by Gasteiger charge is -2.23. The summed E-state index contributed by atoms with van der Waals surface area (Å²) < 4.78 is 5.23. The van der Waals surface area contributed by atoms with Crippen molar-refractivity contribution < 1.29 is 14.6 Å². The third-order valence-electron chi connectivity index (χ3n) is 2.97. The number of rotatable bonds is 3. The van der Waals surface area contributed by atoms with Gasteiger partial charge < -0.3 is 15.2 Å². The van der Waals surface area contributed by atoms with Crippen LogP contribution in [0.4, 0.5) is 0 Å². The van der Waals surface area contributed by atoms with E-state index in [9.17, 15) is 9.90 Å². The lowest BCUT2D eigenvalue weighted by molar-refractivity contribution is -0.121. The van der Waals surface area contributed by atoms with Crippen molar-refractivity contribution >= 4 is 17.5 Å². The second-order valence-electron chi connectivity index (χ2n) is 4.41. The van der Waals surface area contributed by atoms with Crippen LogP contribution in [0.3, 0.4) is 0 Å². The molecular formula is C13H16ClNO3. The highest BCUT2D eigenvalue weighted by Gasteiger charge is 2.16. The van der Waals surface area contributed by atoms with Crippen molar-refractivity contribution in [3.63, 3.8) is 0 Å². The summed E-state index contributed by atoms with van der Waals surface area (Å²) in [6, 6.07) is 4.80. The predicted molar refractivity (Wildman–Crippen MR) is 68.8 cm³/mol. The molecule has 1 amide bonds. The van der Waals surface area contributed by atoms with Gasteiger partial charge >= 0.3 is 0 Å². The van der Waals surface area contributed by atoms with Gasteiger partial charge in [0.05, 0.1) is 6.42 Å². The largest absolute Gasteiger partial charge is 0.508 e. The summed E-state index contributed by atoms with van der Waals surface area (Å²) in [5.41, 5.74) is 0.640. The summed E-state index contributed by atoms with van der Waals surface area (Å²) in [5, 5.41) is 12.8. The fourth-order valence-corrected chi connectivity index (χ4v) is 2.17. The Bertz CT molecular complexity index is 430. The molecule has 5 heteroatoms. The maximum absolute atomic E-state index is 11.9. The zero-order chi connectivity index (χ0) is 13.0. The molecule has 1 heterocycles. The van der Waals surface area contributed by atoms with Gasteiger partial charge in [0.2, 0.25) is 5.91 Å². The Kier molecular flexibility index (Phi) is 4.44. The average molecular weight is 270 g/mol. The zero-order valence-corrected chi connectivity index (χ0v) is 10.7. The van der Waals surface area contributed by atoms with Crippen molar-refractivity contribution in [2.75, 3.05) is 13.2 Å². The molecule has 98 valence electrons. The highest BCUT2D eigenvalue weighted by molar-refractivity contribution is 6.31. The number of benzene rings is 1. The molecule has 0 aliphatic carbocycles. The van der Waals surface area contributed by atoms with Crippen LogP contribution in [0.25, 0.3) is 0 Å². The molecule has 0 aromatic heterocycles. The molecule has 1 aromatic rings. The number of aromatic hydroxyl groups is 1. The summed E-state index contributed by atoms with van der Waals surface area (Å²) in [7, 11) is 0. The zero-order valence-electron chi connectivity index (χ0n) is 9.99. The fourth-order valence-electron chi connectivity index (χ4n) is 1.99. The van der Waals surface area contributed by atoms with Gasteiger partial charge in [-0.25, -0.2) is 0 Å². The van der Waals surface area contributed by atoms with Crippen molar-refractivity contribution in [3.8, 4) is 5.75 Å². The summed E-state index contributed by atoms with van der Waals surface area (Å²) in [6.07, 6.45) is 1.88. The van der Waals surface area contributed by atoms with E-state index < -0.39 is 0 Å². The normalized spacial score (nSPS) is 16.5. The Labute approximate surface area is 111 Å². The van der Waals surface area contributed by atoms with Crippen LogP contribution in [0, 0.1) is 0 Å². The summed E-state index contributed by atoms with van der Waals surface area (Å²) in [6.45, 7) is 1.38. The first-order chi connectivity index (χ1) is 8.65. The monoisotopic (exact) mass is 269 g/mol. The lowest BCUT2D eigenvalue weighted by Crippen LogP contribution is -2.39. The first-order valence-corrected chi connectivity index (χ1v) is 6.37. The van der Waals surface area contributed by atoms with Crippen LogP contribution in [0.5, 0.6) is 5.75 Å². The topological polar surface area (TPSA) is 58.6 Å². The van der Waals surface area contributed by atoms with E-state index in [2.05, 4.69) is 5.32 Å². The molecule has 0 atom stereocenters. The van der Waals surface area contributed by atoms with Gasteiger partial charge in [0.25, 0.3) is 0 Å². The Balaban J connectivity index is 1.92. The number of halogens is 1. The van der Waals surface area contributed by atoms with Gasteiger partial charge in [0.1, 0.15) is 5.75 Å². The molecule has 2 rings (SSSR count). The minimum absolute atomic E-state index is 0.0746. The number of hydrogen-bond donors (Lipinski definition) is 2. The maximum atomic E-state index is 11.9. The molecular weight excluding hydrogens is 254 g/mol. The number of carbonyl (C=O) groups excluding carboxylic acids is 1. The molecule has 1 fully saturated rings. The molecule has 1 saturated heterocycles. The molecule has 1 aromatic carbocycles. The first-order valence-electron chi connectivity index (χ1n) is 5.99. The van der Waals surface area contributed by atoms with Crippen LogP contribution in [0.1, 0.15) is 18.4 Å². The van der Waals surface area contributed by atoms with Crippen molar-refractivity contribution in [3.05, 3.63) is 28.8 Å². The van der Waals surface area contributed by atoms with E-state index in [4.69, 9.17) is 16.3 Å². The van der Waals surface area contributed by atoms with Gasteiger partial charge in [0, 0.05) is 24.3 Å². The molecule has 0 radical (unpaired) electrons. The SMILES string of the molecule is O=C(Cc1cc(O)ccc1Cl)NC1CCOCC1. The number of phenolic OH excluding ortho intramolecular Hbond substituents is 1. The number of amides is 1. The number of hydrogen-bond acceptors (Lipinski definition) is 3. The molecule has 0 unspecified atom stereocenters. The van der Waals surface area contributed by atoms with Crippen molar-refractivity contribution in [1.29, 1.82) is 0 Å². The first kappa shape index (κ1) is 13.2. The van der Waals surface area contributed by atoms with Crippen molar-refractivity contribution in [2.24, 2.45) is 0 Å². The van der Waals surface area contributed by atoms with Crippen LogP contribution < -0.4 is 5.32 Å². The predicted octanol–water partition coefficient (Wildman–Crippen LogP) is 1.88. The Morgan fingerprint density at radius 1 is 1.44 bits per heavy atom. The van der Waals surface area contributed by atoms with Gasteiger partial charge in [-0.3, -0.25) is 4.79 Å². The van der Waals surface area contributed by atoms with E-state index in [0.29, 0.717) is 23.8 Å². The van der Waals surface area contributed by atoms with Gasteiger partial charge in [-0.1, -0.05) is 11.6 Å². The summed E-state index contributed by atoms with van der Waals surface area (Å²) in [4.78, 5) is 11.9. The van der Waals surface area contributed by atoms with Gasteiger partial charge in [-0.05, 0) is 36.6 Å². The van der Waals surface area contributed by atoms with Crippen molar-refractivity contribution in [2.45, 2.75) is 25.3 Å². The van der Waals surface area contributed by atoms with Crippen LogP contribution in [0.2, 0.25) is 5.02 Å². The Hall–Kier alpha value is -1.26. The number of carbonyl (C=O) groups is 1. The minimum atomic E-state index is -0.0746. The van der Waals surface area contributed by atoms with Gasteiger partial charge in [-0.2, -0.15) is 0 Å². The second-order valence-corrected chi connectivity index (χ2v) is 4.81. The van der Waals surface area contributed by atoms with E-state index >= 15 is 0 Å². The highest BCUT2D eigenvalue weighted by Crippen LogP contribution is 2.21. The second kappa shape index (κ2) is 6.07. The van der Waals surface area contributed by atoms with Crippen LogP contribution in [-0.2, 0) is 16.0 Å². The number of nitrogens with one attached hydrogen (secondary N) is 1. The van der Waals surface area contributed by atoms with E-state index in [1.165, 1.54) is 12.1 Å². The molecule has 18 heavy (non-hydrogen) atoms. The standard InChI is InChI=1S/C13H16ClNO3/c14-12-2-1-11(16)7-9(12)8-13(17)15-10-3-5-18-6-4-10/h1-2,7,10,16H,3-6,8H2,(H,15,17). The number of phenols is 1. The molecule has 2 N–H and O–H groups in total. The van der Waals surface area contributed by atoms with Crippen LogP contribution in [-0.4, -0.2) is 30.3 Å². The fraction of sp³-hybridized carbons (Fsp3) is 0.462. The Morgan fingerprint density at radius 2 is 2.17 bits per heavy atom. The van der Waals surface area contributed by atoms with Gasteiger partial charge in [-0.15, -0.1) is 0 Å². The van der Waals surface area contributed by atoms with Crippen LogP contribution in [0.15, 0.2) is 18.2 Å². The minimum Gasteiger partial charge on any atom is -0.508 e. The molecule has 1 aliphatic heterocycles. The summed E-state index contributed by atoms with van der Waals surface area (Å²) >= 11 is 5.97. The lowest BCUT2D eigenvalue weighted by atomic mass is 10.1. The quantitative estimate of drug-likeness (QED) is 0.881. The van der Waals surface area contributed by atoms with E-state index in [1.807, 2.05) is 0 Å². The average Bonchev–Trinajstić information content (AvgIpc) is 2.35. The van der Waals surface area contributed by atoms with Gasteiger partial charge in [0.15, 0.2) is 0 Å². The molecule has 1 aliphatic rings. The Morgan fingerprint density at radius 3 is 2.89 bits per heavy atom. The van der Waals surface area contributed by atoms with Crippen LogP contribution >= 0.6 is 11.6 Å². The molecule has 0 spiro atoms. The molecule has 0 bridgehead atoms. The molecule has 4 nitrogen and oxygen atoms in total. The highest BCUT2D eigenvalue weighted by atomic mass is 35.5. The number of ether oxygens (including phenoxy) is 1.